The van der Waals surface area contributed by atoms with Crippen molar-refractivity contribution < 1.29 is 80.2 Å². The second-order valence-electron chi connectivity index (χ2n) is 26.1. The molecule has 19 heteroatoms. The van der Waals surface area contributed by atoms with E-state index in [-0.39, 0.29) is 25.7 Å². The summed E-state index contributed by atoms with van der Waals surface area (Å²) < 4.78 is 68.0. The molecule has 0 aliphatic rings. The van der Waals surface area contributed by atoms with E-state index in [2.05, 4.69) is 48.5 Å². The predicted octanol–water partition coefficient (Wildman–Crippen LogP) is 19.5. The van der Waals surface area contributed by atoms with Crippen LogP contribution in [0.25, 0.3) is 0 Å². The van der Waals surface area contributed by atoms with Crippen LogP contribution in [-0.4, -0.2) is 96.7 Å². The summed E-state index contributed by atoms with van der Waals surface area (Å²) in [5.41, 5.74) is 0. The Hall–Kier alpha value is -1.94. The van der Waals surface area contributed by atoms with E-state index in [9.17, 15) is 43.2 Å². The van der Waals surface area contributed by atoms with Crippen LogP contribution in [0, 0.1) is 17.8 Å². The lowest BCUT2D eigenvalue weighted by atomic mass is 10.00. The highest BCUT2D eigenvalue weighted by Crippen LogP contribution is 2.45. The minimum Gasteiger partial charge on any atom is -0.462 e. The van der Waals surface area contributed by atoms with E-state index in [1.807, 2.05) is 0 Å². The Morgan fingerprint density at radius 1 is 0.330 bits per heavy atom. The maximum absolute atomic E-state index is 13.0. The van der Waals surface area contributed by atoms with E-state index in [4.69, 9.17) is 37.0 Å². The number of unbranched alkanes of at least 4 members (excludes halogenated alkanes) is 34. The van der Waals surface area contributed by atoms with Crippen LogP contribution in [0.3, 0.4) is 0 Å². The van der Waals surface area contributed by atoms with Gasteiger partial charge >= 0.3 is 39.5 Å². The minimum absolute atomic E-state index is 0.102. The van der Waals surface area contributed by atoms with Gasteiger partial charge in [0, 0.05) is 25.7 Å². The molecule has 0 bridgehead atoms. The number of carbonyl (C=O) groups excluding carboxylic acids is 4. The number of phosphoric ester groups is 2. The normalized spacial score (nSPS) is 14.5. The lowest BCUT2D eigenvalue weighted by Gasteiger charge is -2.21. The maximum Gasteiger partial charge on any atom is 0.472 e. The smallest absolute Gasteiger partial charge is 0.462 e. The van der Waals surface area contributed by atoms with Gasteiger partial charge in [-0.2, -0.15) is 0 Å². The van der Waals surface area contributed by atoms with Crippen LogP contribution in [0.1, 0.15) is 344 Å². The van der Waals surface area contributed by atoms with E-state index < -0.39 is 97.5 Å². The molecule has 0 saturated heterocycles. The third-order valence-electron chi connectivity index (χ3n) is 16.2. The van der Waals surface area contributed by atoms with Crippen molar-refractivity contribution in [1.29, 1.82) is 0 Å². The van der Waals surface area contributed by atoms with Gasteiger partial charge in [-0.05, 0) is 43.4 Å². The Bertz CT molecular complexity index is 1730. The third kappa shape index (κ3) is 61.6. The van der Waals surface area contributed by atoms with Crippen molar-refractivity contribution in [2.24, 2.45) is 17.8 Å². The van der Waals surface area contributed by atoms with Gasteiger partial charge in [0.2, 0.25) is 0 Å². The van der Waals surface area contributed by atoms with Gasteiger partial charge in [-0.15, -0.1) is 0 Å². The Morgan fingerprint density at radius 3 is 0.864 bits per heavy atom. The van der Waals surface area contributed by atoms with Crippen LogP contribution in [0.2, 0.25) is 0 Å². The molecule has 522 valence electrons. The van der Waals surface area contributed by atoms with Crippen LogP contribution >= 0.6 is 15.6 Å². The fraction of sp³-hybridized carbons (Fsp3) is 0.942. The summed E-state index contributed by atoms with van der Waals surface area (Å²) in [4.78, 5) is 72.2. The molecular formula is C69H134O17P2. The van der Waals surface area contributed by atoms with E-state index >= 15 is 0 Å². The molecule has 88 heavy (non-hydrogen) atoms. The molecule has 3 N–H and O–H groups in total. The number of hydrogen-bond donors (Lipinski definition) is 3. The molecule has 0 aliphatic heterocycles. The lowest BCUT2D eigenvalue weighted by Crippen LogP contribution is -2.30. The van der Waals surface area contributed by atoms with Crippen molar-refractivity contribution in [2.45, 2.75) is 362 Å². The van der Waals surface area contributed by atoms with Crippen molar-refractivity contribution in [1.82, 2.24) is 0 Å². The zero-order valence-corrected chi connectivity index (χ0v) is 59.0. The summed E-state index contributed by atoms with van der Waals surface area (Å²) in [5, 5.41) is 10.5. The van der Waals surface area contributed by atoms with E-state index in [0.717, 1.165) is 121 Å². The van der Waals surface area contributed by atoms with Crippen molar-refractivity contribution in [2.75, 3.05) is 39.6 Å². The van der Waals surface area contributed by atoms with Crippen molar-refractivity contribution in [3.05, 3.63) is 0 Å². The predicted molar refractivity (Wildman–Crippen MR) is 354 cm³/mol. The summed E-state index contributed by atoms with van der Waals surface area (Å²) in [6, 6.07) is 0. The maximum atomic E-state index is 13.0. The van der Waals surface area contributed by atoms with Gasteiger partial charge in [-0.25, -0.2) is 9.13 Å². The Labute approximate surface area is 537 Å². The molecule has 6 atom stereocenters. The van der Waals surface area contributed by atoms with Gasteiger partial charge < -0.3 is 33.8 Å². The molecule has 0 amide bonds. The van der Waals surface area contributed by atoms with E-state index in [0.29, 0.717) is 31.6 Å². The molecule has 0 rings (SSSR count). The van der Waals surface area contributed by atoms with Gasteiger partial charge in [0.25, 0.3) is 0 Å². The molecule has 0 fully saturated rings. The van der Waals surface area contributed by atoms with Crippen molar-refractivity contribution in [3.63, 3.8) is 0 Å². The summed E-state index contributed by atoms with van der Waals surface area (Å²) in [6.45, 7) is 11.7. The first kappa shape index (κ1) is 86.1. The number of rotatable bonds is 67. The van der Waals surface area contributed by atoms with Crippen LogP contribution < -0.4 is 0 Å². The Balaban J connectivity index is 5.12. The molecule has 0 heterocycles. The average molecular weight is 1300 g/mol. The Kier molecular flexibility index (Phi) is 58.7. The quantitative estimate of drug-likeness (QED) is 0.0222. The molecule has 0 radical (unpaired) electrons. The molecular weight excluding hydrogens is 1160 g/mol. The number of ether oxygens (including phenoxy) is 4. The van der Waals surface area contributed by atoms with E-state index in [1.165, 1.54) is 135 Å². The summed E-state index contributed by atoms with van der Waals surface area (Å²) in [5.74, 6) is 0.109. The van der Waals surface area contributed by atoms with Crippen molar-refractivity contribution in [3.8, 4) is 0 Å². The number of aliphatic hydroxyl groups excluding tert-OH is 1. The first-order chi connectivity index (χ1) is 42.3. The number of esters is 4. The molecule has 0 aromatic rings. The monoisotopic (exact) mass is 1300 g/mol. The second kappa shape index (κ2) is 60.0. The number of hydrogen-bond acceptors (Lipinski definition) is 15. The van der Waals surface area contributed by atoms with Gasteiger partial charge in [0.1, 0.15) is 19.3 Å². The summed E-state index contributed by atoms with van der Waals surface area (Å²) in [7, 11) is -9.89. The second-order valence-corrected chi connectivity index (χ2v) is 29.0. The van der Waals surface area contributed by atoms with Crippen LogP contribution in [0.15, 0.2) is 0 Å². The fourth-order valence-electron chi connectivity index (χ4n) is 10.3. The SMILES string of the molecule is CCCCCCCCCC(=O)OC[C@H](COP(=O)(O)OC[C@H](O)COP(=O)(O)OC[C@@H](COC(=O)CCCCCCCCCC(C)C)OC(=O)CCCCCCCCCCCCCCCCCCCCC(C)C)OC(=O)CCCCCCCCC(C)CC. The van der Waals surface area contributed by atoms with Gasteiger partial charge in [0.05, 0.1) is 26.4 Å². The summed E-state index contributed by atoms with van der Waals surface area (Å²) >= 11 is 0. The first-order valence-corrected chi connectivity index (χ1v) is 38.9. The van der Waals surface area contributed by atoms with Gasteiger partial charge in [0.15, 0.2) is 12.2 Å². The lowest BCUT2D eigenvalue weighted by molar-refractivity contribution is -0.161. The highest BCUT2D eigenvalue weighted by molar-refractivity contribution is 7.47. The molecule has 17 nitrogen and oxygen atoms in total. The van der Waals surface area contributed by atoms with Crippen LogP contribution in [-0.2, 0) is 65.4 Å². The molecule has 0 spiro atoms. The van der Waals surface area contributed by atoms with Crippen LogP contribution in [0.5, 0.6) is 0 Å². The minimum atomic E-state index is -4.95. The third-order valence-corrected chi connectivity index (χ3v) is 18.1. The topological polar surface area (TPSA) is 237 Å². The zero-order valence-electron chi connectivity index (χ0n) is 57.2. The number of phosphoric acid groups is 2. The summed E-state index contributed by atoms with van der Waals surface area (Å²) in [6.07, 6.45) is 43.5. The van der Waals surface area contributed by atoms with Crippen LogP contribution in [0.4, 0.5) is 0 Å². The van der Waals surface area contributed by atoms with Crippen molar-refractivity contribution >= 4 is 39.5 Å². The van der Waals surface area contributed by atoms with Gasteiger partial charge in [-0.1, -0.05) is 292 Å². The average Bonchev–Trinajstić information content (AvgIpc) is 3.56. The highest BCUT2D eigenvalue weighted by atomic mass is 31.2. The fourth-order valence-corrected chi connectivity index (χ4v) is 11.9. The molecule has 3 unspecified atom stereocenters. The molecule has 0 aromatic carbocycles. The largest absolute Gasteiger partial charge is 0.472 e. The number of aliphatic hydroxyl groups is 1. The Morgan fingerprint density at radius 2 is 0.580 bits per heavy atom. The standard InChI is InChI=1S/C69H134O17P2/c1-8-10-11-12-26-36-43-50-66(71)79-56-65(86-69(74)53-46-39-32-31-35-42-49-62(7)9-2)59-84-88(77,78)82-55-63(70)54-81-87(75,76)83-58-64(57-80-67(72)51-44-37-30-25-28-34-41-48-61(5)6)85-68(73)52-45-38-29-24-22-20-18-16-14-13-15-17-19-21-23-27-33-40-47-60(3)4/h60-65,70H,8-59H2,1-7H3,(H,75,76)(H,77,78)/t62?,63-,64-,65-/m1/s1. The zero-order chi connectivity index (χ0) is 65.2. The molecule has 0 aliphatic carbocycles. The van der Waals surface area contributed by atoms with Gasteiger partial charge in [-0.3, -0.25) is 37.3 Å². The highest BCUT2D eigenvalue weighted by Gasteiger charge is 2.30. The first-order valence-electron chi connectivity index (χ1n) is 35.9. The van der Waals surface area contributed by atoms with E-state index in [1.54, 1.807) is 0 Å². The number of carbonyl (C=O) groups is 4. The molecule has 0 aromatic heterocycles. The molecule has 0 saturated carbocycles.